The summed E-state index contributed by atoms with van der Waals surface area (Å²) in [5, 5.41) is 7.47. The molecule has 7 heteroatoms. The second-order valence-corrected chi connectivity index (χ2v) is 8.28. The Labute approximate surface area is 145 Å². The Morgan fingerprint density at radius 1 is 1.35 bits per heavy atom. The van der Waals surface area contributed by atoms with Gasteiger partial charge in [-0.3, -0.25) is 9.58 Å². The molecular weight excluding hydrogens is 360 g/mol. The predicted octanol–water partition coefficient (Wildman–Crippen LogP) is 2.83. The molecule has 0 aromatic carbocycles. The molecule has 23 heavy (non-hydrogen) atoms. The fourth-order valence-corrected chi connectivity index (χ4v) is 3.64. The summed E-state index contributed by atoms with van der Waals surface area (Å²) < 4.78 is 8.36. The Hall–Kier alpha value is -1.08. The number of alkyl carbamates (subject to hydrolysis) is 1. The summed E-state index contributed by atoms with van der Waals surface area (Å²) in [6.07, 6.45) is 1.68. The molecule has 3 rings (SSSR count). The van der Waals surface area contributed by atoms with Crippen LogP contribution in [0.4, 0.5) is 4.79 Å². The van der Waals surface area contributed by atoms with Crippen molar-refractivity contribution < 1.29 is 9.53 Å². The van der Waals surface area contributed by atoms with E-state index in [1.165, 1.54) is 11.3 Å². The number of amides is 1. The number of nitrogens with zero attached hydrogens (tertiary/aromatic N) is 3. The highest BCUT2D eigenvalue weighted by Gasteiger charge is 2.37. The molecule has 0 radical (unpaired) electrons. The van der Waals surface area contributed by atoms with E-state index in [2.05, 4.69) is 42.9 Å². The summed E-state index contributed by atoms with van der Waals surface area (Å²) in [6, 6.07) is 0.770. The van der Waals surface area contributed by atoms with Crippen molar-refractivity contribution in [3.8, 4) is 0 Å². The molecule has 1 aliphatic heterocycles. The first-order chi connectivity index (χ1) is 10.7. The standard InChI is InChI=1S/C16H25BrN4O2/c1-10-13-9-20(5-6-21(13)19-14(10)17)12-7-11(8-12)18-15(22)23-16(2,3)4/h11-12H,5-9H2,1-4H3,(H,18,22). The molecule has 0 unspecified atom stereocenters. The van der Waals surface area contributed by atoms with Crippen LogP contribution in [-0.2, 0) is 17.8 Å². The predicted molar refractivity (Wildman–Crippen MR) is 91.3 cm³/mol. The normalized spacial score (nSPS) is 24.7. The topological polar surface area (TPSA) is 59.4 Å². The number of ether oxygens (including phenoxy) is 1. The molecule has 0 spiro atoms. The minimum absolute atomic E-state index is 0.231. The van der Waals surface area contributed by atoms with E-state index < -0.39 is 5.60 Å². The van der Waals surface area contributed by atoms with Crippen molar-refractivity contribution in [3.05, 3.63) is 15.9 Å². The van der Waals surface area contributed by atoms with E-state index in [4.69, 9.17) is 4.74 Å². The average Bonchev–Trinajstić information content (AvgIpc) is 2.67. The van der Waals surface area contributed by atoms with Crippen LogP contribution in [-0.4, -0.2) is 45.0 Å². The third-order valence-corrected chi connectivity index (χ3v) is 5.32. The second kappa shape index (κ2) is 6.09. The monoisotopic (exact) mass is 384 g/mol. The van der Waals surface area contributed by atoms with Gasteiger partial charge in [-0.25, -0.2) is 4.79 Å². The number of halogens is 1. The van der Waals surface area contributed by atoms with Crippen molar-refractivity contribution in [2.24, 2.45) is 0 Å². The highest BCUT2D eigenvalue weighted by Crippen LogP contribution is 2.31. The first-order valence-electron chi connectivity index (χ1n) is 8.18. The Balaban J connectivity index is 1.49. The van der Waals surface area contributed by atoms with Crippen molar-refractivity contribution in [1.82, 2.24) is 20.0 Å². The maximum absolute atomic E-state index is 11.8. The minimum Gasteiger partial charge on any atom is -0.444 e. The van der Waals surface area contributed by atoms with Crippen LogP contribution in [0.5, 0.6) is 0 Å². The average molecular weight is 385 g/mol. The molecule has 1 aromatic rings. The highest BCUT2D eigenvalue weighted by molar-refractivity contribution is 9.10. The minimum atomic E-state index is -0.441. The van der Waals surface area contributed by atoms with Gasteiger partial charge in [-0.15, -0.1) is 0 Å². The maximum Gasteiger partial charge on any atom is 0.407 e. The fourth-order valence-electron chi connectivity index (χ4n) is 3.22. The van der Waals surface area contributed by atoms with Crippen LogP contribution in [0.3, 0.4) is 0 Å². The Morgan fingerprint density at radius 2 is 2.04 bits per heavy atom. The van der Waals surface area contributed by atoms with E-state index in [1.807, 2.05) is 20.8 Å². The van der Waals surface area contributed by atoms with Crippen LogP contribution in [0.2, 0.25) is 0 Å². The third-order valence-electron chi connectivity index (χ3n) is 4.56. The Morgan fingerprint density at radius 3 is 2.70 bits per heavy atom. The van der Waals surface area contributed by atoms with Gasteiger partial charge in [0.2, 0.25) is 0 Å². The summed E-state index contributed by atoms with van der Waals surface area (Å²) in [6.45, 7) is 10.6. The largest absolute Gasteiger partial charge is 0.444 e. The van der Waals surface area contributed by atoms with E-state index >= 15 is 0 Å². The van der Waals surface area contributed by atoms with Crippen molar-refractivity contribution in [2.75, 3.05) is 6.54 Å². The first kappa shape index (κ1) is 16.8. The van der Waals surface area contributed by atoms with Gasteiger partial charge in [0.05, 0.1) is 12.2 Å². The molecule has 1 aliphatic carbocycles. The number of nitrogens with one attached hydrogen (secondary N) is 1. The van der Waals surface area contributed by atoms with Gasteiger partial charge in [0, 0.05) is 30.7 Å². The van der Waals surface area contributed by atoms with Gasteiger partial charge in [-0.1, -0.05) is 0 Å². The number of rotatable bonds is 2. The van der Waals surface area contributed by atoms with Crippen molar-refractivity contribution >= 4 is 22.0 Å². The molecule has 0 atom stereocenters. The molecule has 1 amide bonds. The van der Waals surface area contributed by atoms with Crippen LogP contribution in [0.25, 0.3) is 0 Å². The van der Waals surface area contributed by atoms with Gasteiger partial charge in [-0.2, -0.15) is 5.10 Å². The lowest BCUT2D eigenvalue weighted by atomic mass is 9.85. The zero-order chi connectivity index (χ0) is 16.8. The second-order valence-electron chi connectivity index (χ2n) is 7.52. The van der Waals surface area contributed by atoms with Gasteiger partial charge < -0.3 is 10.1 Å². The molecular formula is C16H25BrN4O2. The molecule has 0 bridgehead atoms. The van der Waals surface area contributed by atoms with Gasteiger partial charge in [0.25, 0.3) is 0 Å². The molecule has 128 valence electrons. The lowest BCUT2D eigenvalue weighted by Crippen LogP contribution is -2.55. The SMILES string of the molecule is Cc1c(Br)nn2c1CN(C1CC(NC(=O)OC(C)(C)C)C1)CC2. The Bertz CT molecular complexity index is 602. The van der Waals surface area contributed by atoms with Gasteiger partial charge in [-0.05, 0) is 56.5 Å². The summed E-state index contributed by atoms with van der Waals surface area (Å²) in [5.74, 6) is 0. The van der Waals surface area contributed by atoms with Crippen molar-refractivity contribution in [1.29, 1.82) is 0 Å². The van der Waals surface area contributed by atoms with Gasteiger partial charge in [0.15, 0.2) is 0 Å². The maximum atomic E-state index is 11.8. The lowest BCUT2D eigenvalue weighted by molar-refractivity contribution is 0.0345. The van der Waals surface area contributed by atoms with E-state index in [9.17, 15) is 4.79 Å². The molecule has 1 fully saturated rings. The van der Waals surface area contributed by atoms with E-state index in [-0.39, 0.29) is 12.1 Å². The first-order valence-corrected chi connectivity index (χ1v) is 8.97. The van der Waals surface area contributed by atoms with E-state index in [0.29, 0.717) is 6.04 Å². The molecule has 2 heterocycles. The summed E-state index contributed by atoms with van der Waals surface area (Å²) >= 11 is 3.51. The van der Waals surface area contributed by atoms with Gasteiger partial charge in [0.1, 0.15) is 10.2 Å². The summed E-state index contributed by atoms with van der Waals surface area (Å²) in [4.78, 5) is 14.3. The van der Waals surface area contributed by atoms with Crippen molar-refractivity contribution in [2.45, 2.75) is 71.3 Å². The molecule has 0 saturated heterocycles. The zero-order valence-electron chi connectivity index (χ0n) is 14.2. The Kier molecular flexibility index (Phi) is 4.44. The number of carbonyl (C=O) groups is 1. The molecule has 2 aliphatic rings. The fraction of sp³-hybridized carbons (Fsp3) is 0.750. The highest BCUT2D eigenvalue weighted by atomic mass is 79.9. The molecule has 1 aromatic heterocycles. The quantitative estimate of drug-likeness (QED) is 0.851. The third kappa shape index (κ3) is 3.71. The smallest absolute Gasteiger partial charge is 0.407 e. The summed E-state index contributed by atoms with van der Waals surface area (Å²) in [7, 11) is 0. The van der Waals surface area contributed by atoms with Gasteiger partial charge >= 0.3 is 6.09 Å². The molecule has 6 nitrogen and oxygen atoms in total. The van der Waals surface area contributed by atoms with Crippen LogP contribution >= 0.6 is 15.9 Å². The number of hydrogen-bond donors (Lipinski definition) is 1. The van der Waals surface area contributed by atoms with Crippen molar-refractivity contribution in [3.63, 3.8) is 0 Å². The van der Waals surface area contributed by atoms with Crippen LogP contribution in [0.1, 0.15) is 44.9 Å². The number of fused-ring (bicyclic) bond motifs is 1. The van der Waals surface area contributed by atoms with Crippen LogP contribution in [0, 0.1) is 6.92 Å². The lowest BCUT2D eigenvalue weighted by Gasteiger charge is -2.44. The number of carbonyl (C=O) groups excluding carboxylic acids is 1. The number of aromatic nitrogens is 2. The molecule has 1 N–H and O–H groups in total. The molecule has 1 saturated carbocycles. The number of hydrogen-bond acceptors (Lipinski definition) is 4. The van der Waals surface area contributed by atoms with Crippen LogP contribution < -0.4 is 5.32 Å². The van der Waals surface area contributed by atoms with E-state index in [0.717, 1.165) is 37.1 Å². The van der Waals surface area contributed by atoms with E-state index in [1.54, 1.807) is 0 Å². The van der Waals surface area contributed by atoms with Crippen LogP contribution in [0.15, 0.2) is 4.60 Å². The summed E-state index contributed by atoms with van der Waals surface area (Å²) in [5.41, 5.74) is 2.09. The zero-order valence-corrected chi connectivity index (χ0v) is 15.8.